The molecule has 0 radical (unpaired) electrons. The van der Waals surface area contributed by atoms with Crippen molar-refractivity contribution in [2.45, 2.75) is 63.8 Å². The van der Waals surface area contributed by atoms with Crippen LogP contribution in [0.25, 0.3) is 0 Å². The molecule has 1 fully saturated rings. The molecule has 1 aliphatic rings. The van der Waals surface area contributed by atoms with E-state index in [-0.39, 0.29) is 17.2 Å². The average Bonchev–Trinajstić information content (AvgIpc) is 2.80. The van der Waals surface area contributed by atoms with Crippen LogP contribution in [-0.2, 0) is 20.5 Å². The maximum atomic E-state index is 10.2. The highest BCUT2D eigenvalue weighted by molar-refractivity contribution is 6.74. The van der Waals surface area contributed by atoms with Crippen molar-refractivity contribution in [3.63, 3.8) is 0 Å². The summed E-state index contributed by atoms with van der Waals surface area (Å²) in [5, 5.41) is 10.3. The normalized spacial score (nSPS) is 25.7. The van der Waals surface area contributed by atoms with E-state index in [0.29, 0.717) is 19.8 Å². The molecule has 1 heterocycles. The Morgan fingerprint density at radius 1 is 1.22 bits per heavy atom. The van der Waals surface area contributed by atoms with Gasteiger partial charge < -0.3 is 19.0 Å². The van der Waals surface area contributed by atoms with Crippen molar-refractivity contribution in [3.8, 4) is 0 Å². The van der Waals surface area contributed by atoms with Crippen LogP contribution in [0, 0.1) is 0 Å². The van der Waals surface area contributed by atoms with Gasteiger partial charge in [0.05, 0.1) is 19.8 Å². The largest absolute Gasteiger partial charge is 0.408 e. The van der Waals surface area contributed by atoms with E-state index in [1.54, 1.807) is 0 Å². The standard InChI is InChI=1S/C18H30O4Si/c1-18(2,3)23(4,5)22-17-15(19)12-21-16(17)13-20-11-14-9-7-6-8-10-14/h6-10,15-17,19H,11-13H2,1-5H3/t15-,16+,17+/m1/s1. The summed E-state index contributed by atoms with van der Waals surface area (Å²) >= 11 is 0. The third kappa shape index (κ3) is 4.87. The van der Waals surface area contributed by atoms with Crippen molar-refractivity contribution in [1.29, 1.82) is 0 Å². The minimum Gasteiger partial charge on any atom is -0.408 e. The van der Waals surface area contributed by atoms with Crippen molar-refractivity contribution in [2.24, 2.45) is 0 Å². The summed E-state index contributed by atoms with van der Waals surface area (Å²) < 4.78 is 17.9. The van der Waals surface area contributed by atoms with Crippen molar-refractivity contribution in [3.05, 3.63) is 35.9 Å². The summed E-state index contributed by atoms with van der Waals surface area (Å²) in [7, 11) is -1.95. The van der Waals surface area contributed by atoms with Gasteiger partial charge in [-0.15, -0.1) is 0 Å². The van der Waals surface area contributed by atoms with Gasteiger partial charge in [0.25, 0.3) is 0 Å². The Morgan fingerprint density at radius 3 is 2.48 bits per heavy atom. The van der Waals surface area contributed by atoms with Gasteiger partial charge in [0.2, 0.25) is 0 Å². The zero-order valence-corrected chi connectivity index (χ0v) is 15.9. The molecule has 1 aromatic carbocycles. The first kappa shape index (κ1) is 18.6. The van der Waals surface area contributed by atoms with E-state index in [1.807, 2.05) is 30.3 Å². The van der Waals surface area contributed by atoms with Gasteiger partial charge in [-0.1, -0.05) is 51.1 Å². The topological polar surface area (TPSA) is 47.9 Å². The number of aliphatic hydroxyl groups excluding tert-OH is 1. The van der Waals surface area contributed by atoms with E-state index in [0.717, 1.165) is 5.56 Å². The Kier molecular flexibility index (Phi) is 6.03. The van der Waals surface area contributed by atoms with Crippen LogP contribution < -0.4 is 0 Å². The highest BCUT2D eigenvalue weighted by atomic mass is 28.4. The average molecular weight is 339 g/mol. The first-order valence-corrected chi connectivity index (χ1v) is 11.2. The lowest BCUT2D eigenvalue weighted by molar-refractivity contribution is -0.0299. The van der Waals surface area contributed by atoms with Gasteiger partial charge in [-0.3, -0.25) is 0 Å². The van der Waals surface area contributed by atoms with Gasteiger partial charge in [0.15, 0.2) is 8.32 Å². The highest BCUT2D eigenvalue weighted by Gasteiger charge is 2.45. The van der Waals surface area contributed by atoms with Crippen molar-refractivity contribution in [2.75, 3.05) is 13.2 Å². The number of benzene rings is 1. The minimum absolute atomic E-state index is 0.102. The molecule has 0 bridgehead atoms. The van der Waals surface area contributed by atoms with Crippen LogP contribution in [0.3, 0.4) is 0 Å². The fourth-order valence-corrected chi connectivity index (χ4v) is 3.68. The summed E-state index contributed by atoms with van der Waals surface area (Å²) in [5.41, 5.74) is 1.13. The molecule has 0 aliphatic carbocycles. The van der Waals surface area contributed by atoms with Crippen LogP contribution in [0.5, 0.6) is 0 Å². The SMILES string of the molecule is CC(C)(C)[Si](C)(C)O[C@H]1[C@H](O)CO[C@H]1COCc1ccccc1. The molecular weight excluding hydrogens is 308 g/mol. The second-order valence-electron chi connectivity index (χ2n) is 7.78. The fraction of sp³-hybridized carbons (Fsp3) is 0.667. The summed E-state index contributed by atoms with van der Waals surface area (Å²) in [4.78, 5) is 0. The molecule has 0 saturated carbocycles. The lowest BCUT2D eigenvalue weighted by atomic mass is 10.1. The Labute approximate surface area is 140 Å². The third-order valence-electron chi connectivity index (χ3n) is 4.86. The van der Waals surface area contributed by atoms with Crippen molar-refractivity contribution in [1.82, 2.24) is 0 Å². The van der Waals surface area contributed by atoms with Crippen LogP contribution in [0.15, 0.2) is 30.3 Å². The number of aliphatic hydroxyl groups is 1. The maximum absolute atomic E-state index is 10.2. The van der Waals surface area contributed by atoms with Gasteiger partial charge in [0.1, 0.15) is 18.3 Å². The quantitative estimate of drug-likeness (QED) is 0.808. The zero-order valence-electron chi connectivity index (χ0n) is 14.9. The molecule has 1 aromatic rings. The van der Waals surface area contributed by atoms with E-state index >= 15 is 0 Å². The zero-order chi connectivity index (χ0) is 17.1. The van der Waals surface area contributed by atoms with Crippen LogP contribution in [0.1, 0.15) is 26.3 Å². The van der Waals surface area contributed by atoms with Crippen LogP contribution in [-0.4, -0.2) is 44.9 Å². The van der Waals surface area contributed by atoms with E-state index in [9.17, 15) is 5.11 Å². The molecule has 1 N–H and O–H groups in total. The van der Waals surface area contributed by atoms with E-state index < -0.39 is 14.4 Å². The number of rotatable bonds is 6. The molecule has 23 heavy (non-hydrogen) atoms. The Balaban J connectivity index is 1.90. The second kappa shape index (κ2) is 7.45. The third-order valence-corrected chi connectivity index (χ3v) is 9.33. The summed E-state index contributed by atoms with van der Waals surface area (Å²) in [6.07, 6.45) is -1.08. The lowest BCUT2D eigenvalue weighted by Crippen LogP contribution is -2.49. The predicted molar refractivity (Wildman–Crippen MR) is 93.9 cm³/mol. The molecule has 130 valence electrons. The van der Waals surface area contributed by atoms with E-state index in [2.05, 4.69) is 33.9 Å². The smallest absolute Gasteiger partial charge is 0.192 e. The van der Waals surface area contributed by atoms with Gasteiger partial charge in [-0.25, -0.2) is 0 Å². The van der Waals surface area contributed by atoms with Crippen LogP contribution >= 0.6 is 0 Å². The molecule has 0 amide bonds. The molecule has 1 saturated heterocycles. The number of hydrogen-bond donors (Lipinski definition) is 1. The van der Waals surface area contributed by atoms with Gasteiger partial charge in [-0.05, 0) is 23.7 Å². The summed E-state index contributed by atoms with van der Waals surface area (Å²) in [5.74, 6) is 0. The number of hydrogen-bond acceptors (Lipinski definition) is 4. The van der Waals surface area contributed by atoms with E-state index in [1.165, 1.54) is 0 Å². The fourth-order valence-electron chi connectivity index (χ4n) is 2.34. The van der Waals surface area contributed by atoms with Gasteiger partial charge in [0, 0.05) is 0 Å². The van der Waals surface area contributed by atoms with Gasteiger partial charge in [-0.2, -0.15) is 0 Å². The Bertz CT molecular complexity index is 484. The highest BCUT2D eigenvalue weighted by Crippen LogP contribution is 2.39. The summed E-state index contributed by atoms with van der Waals surface area (Å²) in [6, 6.07) is 10.1. The molecule has 3 atom stereocenters. The summed E-state index contributed by atoms with van der Waals surface area (Å²) in [6.45, 7) is 12.3. The molecule has 0 aromatic heterocycles. The second-order valence-corrected chi connectivity index (χ2v) is 12.5. The molecule has 1 aliphatic heterocycles. The minimum atomic E-state index is -1.95. The van der Waals surface area contributed by atoms with Crippen molar-refractivity contribution < 1.29 is 19.0 Å². The number of ether oxygens (including phenoxy) is 2. The maximum Gasteiger partial charge on any atom is 0.192 e. The molecule has 5 heteroatoms. The Morgan fingerprint density at radius 2 is 1.87 bits per heavy atom. The molecule has 4 nitrogen and oxygen atoms in total. The van der Waals surface area contributed by atoms with Crippen LogP contribution in [0.4, 0.5) is 0 Å². The first-order chi connectivity index (χ1) is 10.7. The molecule has 2 rings (SSSR count). The molecular formula is C18H30O4Si. The van der Waals surface area contributed by atoms with Crippen LogP contribution in [0.2, 0.25) is 18.1 Å². The monoisotopic (exact) mass is 338 g/mol. The first-order valence-electron chi connectivity index (χ1n) is 8.30. The van der Waals surface area contributed by atoms with E-state index in [4.69, 9.17) is 13.9 Å². The molecule has 0 unspecified atom stereocenters. The Hall–Kier alpha value is -0.723. The van der Waals surface area contributed by atoms with Crippen molar-refractivity contribution >= 4 is 8.32 Å². The van der Waals surface area contributed by atoms with Gasteiger partial charge >= 0.3 is 0 Å². The predicted octanol–water partition coefficient (Wildman–Crippen LogP) is 3.35. The lowest BCUT2D eigenvalue weighted by Gasteiger charge is -2.40. The molecule has 0 spiro atoms.